The van der Waals surface area contributed by atoms with Crippen LogP contribution >= 0.6 is 0 Å². The molecule has 3 nitrogen and oxygen atoms in total. The van der Waals surface area contributed by atoms with Crippen LogP contribution in [0.3, 0.4) is 0 Å². The Labute approximate surface area is 175 Å². The van der Waals surface area contributed by atoms with Crippen molar-refractivity contribution in [1.82, 2.24) is 4.98 Å². The molecule has 29 heavy (non-hydrogen) atoms. The van der Waals surface area contributed by atoms with E-state index in [-0.39, 0.29) is 10.8 Å². The summed E-state index contributed by atoms with van der Waals surface area (Å²) in [5.74, 6) is 1.01. The summed E-state index contributed by atoms with van der Waals surface area (Å²) in [4.78, 5) is 9.42. The zero-order valence-electron chi connectivity index (χ0n) is 18.4. The van der Waals surface area contributed by atoms with Crippen molar-refractivity contribution in [3.63, 3.8) is 0 Å². The number of pyridine rings is 1. The highest BCUT2D eigenvalue weighted by atomic mass is 15.4. The Balaban J connectivity index is 1.76. The molecule has 1 aliphatic rings. The van der Waals surface area contributed by atoms with Crippen molar-refractivity contribution in [3.05, 3.63) is 78.0 Å². The number of fused-ring (bicyclic) bond motifs is 1. The number of nitrogens with zero attached hydrogens (tertiary/aromatic N) is 3. The predicted molar refractivity (Wildman–Crippen MR) is 124 cm³/mol. The van der Waals surface area contributed by atoms with Crippen molar-refractivity contribution in [2.75, 3.05) is 16.5 Å². The predicted octanol–water partition coefficient (Wildman–Crippen LogP) is 6.92. The fourth-order valence-corrected chi connectivity index (χ4v) is 3.80. The highest BCUT2D eigenvalue weighted by molar-refractivity contribution is 5.84. The van der Waals surface area contributed by atoms with E-state index in [1.165, 1.54) is 22.5 Å². The fourth-order valence-electron chi connectivity index (χ4n) is 3.80. The third-order valence-electron chi connectivity index (χ3n) is 5.64. The lowest BCUT2D eigenvalue weighted by Gasteiger charge is -2.26. The molecule has 3 heteroatoms. The molecule has 0 radical (unpaired) electrons. The van der Waals surface area contributed by atoms with E-state index in [4.69, 9.17) is 4.98 Å². The Morgan fingerprint density at radius 3 is 1.79 bits per heavy atom. The average molecular weight is 386 g/mol. The molecule has 0 aliphatic carbocycles. The van der Waals surface area contributed by atoms with E-state index in [1.54, 1.807) is 0 Å². The van der Waals surface area contributed by atoms with E-state index < -0.39 is 0 Å². The number of hydrogen-bond donors (Lipinski definition) is 0. The van der Waals surface area contributed by atoms with Crippen LogP contribution in [0.5, 0.6) is 0 Å². The minimum absolute atomic E-state index is 0.114. The van der Waals surface area contributed by atoms with Crippen molar-refractivity contribution in [2.45, 2.75) is 52.4 Å². The number of aromatic nitrogens is 1. The molecule has 0 fully saturated rings. The van der Waals surface area contributed by atoms with E-state index in [9.17, 15) is 0 Å². The van der Waals surface area contributed by atoms with Gasteiger partial charge in [-0.3, -0.25) is 0 Å². The van der Waals surface area contributed by atoms with Gasteiger partial charge in [-0.1, -0.05) is 65.8 Å². The summed E-state index contributed by atoms with van der Waals surface area (Å²) >= 11 is 0. The number of hydrogen-bond acceptors (Lipinski definition) is 3. The van der Waals surface area contributed by atoms with Gasteiger partial charge in [-0.05, 0) is 58.4 Å². The molecule has 150 valence electrons. The maximum Gasteiger partial charge on any atom is 0.158 e. The van der Waals surface area contributed by atoms with Gasteiger partial charge in [0.1, 0.15) is 6.67 Å². The smallest absolute Gasteiger partial charge is 0.158 e. The second kappa shape index (κ2) is 6.91. The Bertz CT molecular complexity index is 942. The van der Waals surface area contributed by atoms with Crippen LogP contribution in [-0.4, -0.2) is 11.7 Å². The van der Waals surface area contributed by atoms with E-state index >= 15 is 0 Å². The van der Waals surface area contributed by atoms with Gasteiger partial charge in [-0.2, -0.15) is 0 Å². The zero-order valence-corrected chi connectivity index (χ0v) is 18.4. The van der Waals surface area contributed by atoms with Crippen LogP contribution in [-0.2, 0) is 10.8 Å². The molecule has 1 aliphatic heterocycles. The summed E-state index contributed by atoms with van der Waals surface area (Å²) in [5, 5.41) is 0. The van der Waals surface area contributed by atoms with E-state index in [0.717, 1.165) is 18.2 Å². The van der Waals surface area contributed by atoms with Crippen LogP contribution in [0.4, 0.5) is 22.9 Å². The first-order chi connectivity index (χ1) is 13.6. The van der Waals surface area contributed by atoms with Crippen LogP contribution < -0.4 is 9.80 Å². The van der Waals surface area contributed by atoms with E-state index in [0.29, 0.717) is 0 Å². The zero-order chi connectivity index (χ0) is 20.8. The van der Waals surface area contributed by atoms with Crippen LogP contribution in [0.15, 0.2) is 66.9 Å². The molecule has 2 aromatic carbocycles. The number of benzene rings is 2. The first kappa shape index (κ1) is 19.5. The molecule has 0 saturated carbocycles. The van der Waals surface area contributed by atoms with Crippen LogP contribution in [0.1, 0.15) is 52.7 Å². The molecule has 0 saturated heterocycles. The highest BCUT2D eigenvalue weighted by Gasteiger charge is 2.30. The molecule has 4 rings (SSSR count). The topological polar surface area (TPSA) is 19.4 Å². The third kappa shape index (κ3) is 3.74. The summed E-state index contributed by atoms with van der Waals surface area (Å²) in [6, 6.07) is 21.9. The summed E-state index contributed by atoms with van der Waals surface area (Å²) in [6.07, 6.45) is 1.88. The molecule has 0 atom stereocenters. The maximum absolute atomic E-state index is 4.74. The Kier molecular flexibility index (Phi) is 4.65. The van der Waals surface area contributed by atoms with Crippen molar-refractivity contribution in [1.29, 1.82) is 0 Å². The molecular weight excluding hydrogens is 354 g/mol. The fraction of sp³-hybridized carbons (Fsp3) is 0.346. The lowest BCUT2D eigenvalue weighted by atomic mass is 9.87. The van der Waals surface area contributed by atoms with E-state index in [1.807, 2.05) is 12.3 Å². The normalized spacial score (nSPS) is 14.3. The van der Waals surface area contributed by atoms with E-state index in [2.05, 4.69) is 106 Å². The van der Waals surface area contributed by atoms with Crippen molar-refractivity contribution in [3.8, 4) is 0 Å². The van der Waals surface area contributed by atoms with Gasteiger partial charge in [0.05, 0.1) is 5.69 Å². The Hall–Kier alpha value is -2.81. The van der Waals surface area contributed by atoms with Gasteiger partial charge in [-0.25, -0.2) is 4.98 Å². The summed E-state index contributed by atoms with van der Waals surface area (Å²) in [6.45, 7) is 14.3. The molecule has 1 aromatic heterocycles. The molecule has 0 N–H and O–H groups in total. The van der Waals surface area contributed by atoms with Crippen LogP contribution in [0.2, 0.25) is 0 Å². The van der Waals surface area contributed by atoms with Gasteiger partial charge in [0.15, 0.2) is 5.82 Å². The van der Waals surface area contributed by atoms with Gasteiger partial charge in [0.2, 0.25) is 0 Å². The minimum Gasteiger partial charge on any atom is -0.320 e. The third-order valence-corrected chi connectivity index (χ3v) is 5.64. The summed E-state index contributed by atoms with van der Waals surface area (Å²) < 4.78 is 0. The lowest BCUT2D eigenvalue weighted by Crippen LogP contribution is -2.25. The van der Waals surface area contributed by atoms with Crippen molar-refractivity contribution < 1.29 is 0 Å². The van der Waals surface area contributed by atoms with Gasteiger partial charge < -0.3 is 9.80 Å². The quantitative estimate of drug-likeness (QED) is 0.477. The first-order valence-electron chi connectivity index (χ1n) is 10.4. The number of rotatable bonds is 2. The molecule has 0 spiro atoms. The summed E-state index contributed by atoms with van der Waals surface area (Å²) in [5.41, 5.74) is 6.46. The van der Waals surface area contributed by atoms with Crippen molar-refractivity contribution in [2.24, 2.45) is 0 Å². The molecule has 0 unspecified atom stereocenters. The SMILES string of the molecule is CC(C)(C)c1cccc(N2CN(c3cccc(C(C)(C)C)c3)c3ncccc32)c1. The Morgan fingerprint density at radius 2 is 1.24 bits per heavy atom. The monoisotopic (exact) mass is 385 g/mol. The summed E-state index contributed by atoms with van der Waals surface area (Å²) in [7, 11) is 0. The van der Waals surface area contributed by atoms with Gasteiger partial charge in [0.25, 0.3) is 0 Å². The van der Waals surface area contributed by atoms with Gasteiger partial charge >= 0.3 is 0 Å². The molecular formula is C26H31N3. The second-order valence-electron chi connectivity index (χ2n) is 9.94. The van der Waals surface area contributed by atoms with Gasteiger partial charge in [-0.15, -0.1) is 0 Å². The van der Waals surface area contributed by atoms with Crippen LogP contribution in [0.25, 0.3) is 0 Å². The lowest BCUT2D eigenvalue weighted by molar-refractivity contribution is 0.590. The maximum atomic E-state index is 4.74. The highest BCUT2D eigenvalue weighted by Crippen LogP contribution is 2.43. The second-order valence-corrected chi connectivity index (χ2v) is 9.94. The minimum atomic E-state index is 0.114. The Morgan fingerprint density at radius 1 is 0.690 bits per heavy atom. The van der Waals surface area contributed by atoms with Crippen molar-refractivity contribution >= 4 is 22.9 Å². The van der Waals surface area contributed by atoms with Gasteiger partial charge in [0, 0.05) is 17.6 Å². The largest absolute Gasteiger partial charge is 0.320 e. The first-order valence-corrected chi connectivity index (χ1v) is 10.4. The molecule has 0 bridgehead atoms. The van der Waals surface area contributed by atoms with Crippen LogP contribution in [0, 0.1) is 0 Å². The molecule has 0 amide bonds. The molecule has 3 aromatic rings. The number of anilines is 4. The molecule has 2 heterocycles. The average Bonchev–Trinajstić information content (AvgIpc) is 3.07. The standard InChI is InChI=1S/C26H31N3/c1-25(2,3)19-10-7-12-21(16-19)28-18-29(24-23(28)14-9-15-27-24)22-13-8-11-20(17-22)26(4,5)6/h7-17H,18H2,1-6H3.